The number of carbonyl (C=O) groups excluding carboxylic acids is 2. The quantitative estimate of drug-likeness (QED) is 0.600. The van der Waals surface area contributed by atoms with E-state index in [-0.39, 0.29) is 18.9 Å². The Kier molecular flexibility index (Phi) is 3.19. The van der Waals surface area contributed by atoms with Crippen molar-refractivity contribution in [2.24, 2.45) is 5.92 Å². The standard InChI is InChI=1S/C13H14N2O5/c16-12-5-8(13(17)14-18)7-15(12)9-1-2-10-11(6-9)20-4-3-19-10/h1-2,6,8,18H,3-5,7H2,(H,14,17). The van der Waals surface area contributed by atoms with Crippen molar-refractivity contribution in [3.8, 4) is 11.5 Å². The van der Waals surface area contributed by atoms with E-state index >= 15 is 0 Å². The van der Waals surface area contributed by atoms with E-state index in [4.69, 9.17) is 14.7 Å². The molecule has 2 aliphatic heterocycles. The molecular weight excluding hydrogens is 264 g/mol. The van der Waals surface area contributed by atoms with Crippen LogP contribution in [0.4, 0.5) is 5.69 Å². The third-order valence-electron chi connectivity index (χ3n) is 3.44. The van der Waals surface area contributed by atoms with Crippen LogP contribution < -0.4 is 19.9 Å². The average molecular weight is 278 g/mol. The van der Waals surface area contributed by atoms with Gasteiger partial charge in [0.25, 0.3) is 0 Å². The van der Waals surface area contributed by atoms with Crippen LogP contribution in [0.3, 0.4) is 0 Å². The number of benzene rings is 1. The first-order valence-corrected chi connectivity index (χ1v) is 6.33. The second-order valence-corrected chi connectivity index (χ2v) is 4.71. The molecule has 1 atom stereocenters. The number of rotatable bonds is 2. The monoisotopic (exact) mass is 278 g/mol. The van der Waals surface area contributed by atoms with Gasteiger partial charge in [-0.05, 0) is 12.1 Å². The Balaban J connectivity index is 1.82. The summed E-state index contributed by atoms with van der Waals surface area (Å²) in [6.45, 7) is 1.22. The van der Waals surface area contributed by atoms with E-state index < -0.39 is 11.8 Å². The summed E-state index contributed by atoms with van der Waals surface area (Å²) in [6, 6.07) is 5.23. The number of nitrogens with one attached hydrogen (secondary N) is 1. The van der Waals surface area contributed by atoms with Crippen LogP contribution >= 0.6 is 0 Å². The van der Waals surface area contributed by atoms with Crippen molar-refractivity contribution < 1.29 is 24.3 Å². The SMILES string of the molecule is O=C(NO)C1CC(=O)N(c2ccc3c(c2)OCCO3)C1. The maximum Gasteiger partial charge on any atom is 0.248 e. The molecule has 106 valence electrons. The number of carbonyl (C=O) groups is 2. The molecule has 1 aromatic carbocycles. The largest absolute Gasteiger partial charge is 0.486 e. The van der Waals surface area contributed by atoms with Gasteiger partial charge in [-0.25, -0.2) is 5.48 Å². The number of hydrogen-bond donors (Lipinski definition) is 2. The molecule has 0 radical (unpaired) electrons. The Morgan fingerprint density at radius 1 is 1.30 bits per heavy atom. The van der Waals surface area contributed by atoms with E-state index in [9.17, 15) is 9.59 Å². The summed E-state index contributed by atoms with van der Waals surface area (Å²) in [5, 5.41) is 8.63. The van der Waals surface area contributed by atoms with Crippen molar-refractivity contribution in [3.05, 3.63) is 18.2 Å². The molecule has 0 saturated carbocycles. The molecule has 20 heavy (non-hydrogen) atoms. The average Bonchev–Trinajstić information content (AvgIpc) is 2.88. The van der Waals surface area contributed by atoms with Crippen molar-refractivity contribution in [1.82, 2.24) is 5.48 Å². The van der Waals surface area contributed by atoms with Gasteiger partial charge in [0.05, 0.1) is 5.92 Å². The third kappa shape index (κ3) is 2.16. The van der Waals surface area contributed by atoms with Gasteiger partial charge in [-0.1, -0.05) is 0 Å². The van der Waals surface area contributed by atoms with Gasteiger partial charge in [-0.3, -0.25) is 14.8 Å². The lowest BCUT2D eigenvalue weighted by molar-refractivity contribution is -0.133. The van der Waals surface area contributed by atoms with Gasteiger partial charge < -0.3 is 14.4 Å². The second-order valence-electron chi connectivity index (χ2n) is 4.71. The Morgan fingerprint density at radius 2 is 2.05 bits per heavy atom. The highest BCUT2D eigenvalue weighted by Gasteiger charge is 2.35. The molecule has 2 aliphatic rings. The van der Waals surface area contributed by atoms with Gasteiger partial charge in [0.1, 0.15) is 13.2 Å². The molecule has 1 aromatic rings. The minimum Gasteiger partial charge on any atom is -0.486 e. The van der Waals surface area contributed by atoms with Crippen LogP contribution in [-0.2, 0) is 9.59 Å². The summed E-state index contributed by atoms with van der Waals surface area (Å²) in [5.74, 6) is 0.00211. The van der Waals surface area contributed by atoms with Crippen molar-refractivity contribution in [2.45, 2.75) is 6.42 Å². The lowest BCUT2D eigenvalue weighted by Gasteiger charge is -2.22. The van der Waals surface area contributed by atoms with Gasteiger partial charge in [0, 0.05) is 24.7 Å². The molecular formula is C13H14N2O5. The fourth-order valence-corrected chi connectivity index (χ4v) is 2.42. The van der Waals surface area contributed by atoms with E-state index in [1.807, 2.05) is 0 Å². The number of ether oxygens (including phenoxy) is 2. The Morgan fingerprint density at radius 3 is 2.80 bits per heavy atom. The predicted molar refractivity (Wildman–Crippen MR) is 67.8 cm³/mol. The first kappa shape index (κ1) is 12.7. The number of amides is 2. The minimum atomic E-state index is -0.543. The summed E-state index contributed by atoms with van der Waals surface area (Å²) >= 11 is 0. The number of nitrogens with zero attached hydrogens (tertiary/aromatic N) is 1. The molecule has 7 heteroatoms. The van der Waals surface area contributed by atoms with Crippen LogP contribution in [0.25, 0.3) is 0 Å². The molecule has 2 amide bonds. The van der Waals surface area contributed by atoms with Gasteiger partial charge >= 0.3 is 0 Å². The Hall–Kier alpha value is -2.28. The maximum absolute atomic E-state index is 12.0. The maximum atomic E-state index is 12.0. The van der Waals surface area contributed by atoms with Gasteiger partial charge in [-0.15, -0.1) is 0 Å². The predicted octanol–water partition coefficient (Wildman–Crippen LogP) is 0.316. The molecule has 1 fully saturated rings. The second kappa shape index (κ2) is 5.01. The molecule has 0 aromatic heterocycles. The summed E-state index contributed by atoms with van der Waals surface area (Å²) in [4.78, 5) is 24.9. The zero-order valence-corrected chi connectivity index (χ0v) is 10.7. The fraction of sp³-hybridized carbons (Fsp3) is 0.385. The van der Waals surface area contributed by atoms with E-state index in [0.29, 0.717) is 30.4 Å². The normalized spacial score (nSPS) is 20.9. The van der Waals surface area contributed by atoms with Crippen molar-refractivity contribution >= 4 is 17.5 Å². The van der Waals surface area contributed by atoms with Crippen molar-refractivity contribution in [2.75, 3.05) is 24.7 Å². The van der Waals surface area contributed by atoms with E-state index in [0.717, 1.165) is 0 Å². The van der Waals surface area contributed by atoms with Gasteiger partial charge in [0.2, 0.25) is 11.8 Å². The topological polar surface area (TPSA) is 88.1 Å². The molecule has 0 bridgehead atoms. The molecule has 0 spiro atoms. The van der Waals surface area contributed by atoms with E-state index in [1.165, 1.54) is 4.90 Å². The van der Waals surface area contributed by atoms with Crippen LogP contribution in [0.2, 0.25) is 0 Å². The van der Waals surface area contributed by atoms with Gasteiger partial charge in [-0.2, -0.15) is 0 Å². The molecule has 2 N–H and O–H groups in total. The molecule has 1 unspecified atom stereocenters. The highest BCUT2D eigenvalue weighted by atomic mass is 16.6. The lowest BCUT2D eigenvalue weighted by atomic mass is 10.1. The Labute approximate surface area is 115 Å². The zero-order chi connectivity index (χ0) is 14.1. The molecule has 2 heterocycles. The summed E-state index contributed by atoms with van der Waals surface area (Å²) < 4.78 is 10.9. The highest BCUT2D eigenvalue weighted by Crippen LogP contribution is 2.35. The summed E-state index contributed by atoms with van der Waals surface area (Å²) in [5.41, 5.74) is 2.25. The molecule has 7 nitrogen and oxygen atoms in total. The van der Waals surface area contributed by atoms with Crippen molar-refractivity contribution in [1.29, 1.82) is 0 Å². The van der Waals surface area contributed by atoms with Crippen molar-refractivity contribution in [3.63, 3.8) is 0 Å². The van der Waals surface area contributed by atoms with Gasteiger partial charge in [0.15, 0.2) is 11.5 Å². The first-order valence-electron chi connectivity index (χ1n) is 6.33. The Bertz CT molecular complexity index is 560. The molecule has 3 rings (SSSR count). The third-order valence-corrected chi connectivity index (χ3v) is 3.44. The summed E-state index contributed by atoms with van der Waals surface area (Å²) in [6.07, 6.45) is 0.0842. The van der Waals surface area contributed by atoms with E-state index in [2.05, 4.69) is 0 Å². The summed E-state index contributed by atoms with van der Waals surface area (Å²) in [7, 11) is 0. The number of hydrogen-bond acceptors (Lipinski definition) is 5. The number of anilines is 1. The number of hydroxylamine groups is 1. The highest BCUT2D eigenvalue weighted by molar-refractivity contribution is 6.00. The molecule has 1 saturated heterocycles. The lowest BCUT2D eigenvalue weighted by Crippen LogP contribution is -2.31. The fourth-order valence-electron chi connectivity index (χ4n) is 2.42. The van der Waals surface area contributed by atoms with E-state index in [1.54, 1.807) is 23.7 Å². The van der Waals surface area contributed by atoms with Crippen LogP contribution in [-0.4, -0.2) is 36.8 Å². The minimum absolute atomic E-state index is 0.0842. The van der Waals surface area contributed by atoms with Crippen LogP contribution in [0.15, 0.2) is 18.2 Å². The zero-order valence-electron chi connectivity index (χ0n) is 10.7. The van der Waals surface area contributed by atoms with Crippen LogP contribution in [0.5, 0.6) is 11.5 Å². The van der Waals surface area contributed by atoms with Crippen LogP contribution in [0.1, 0.15) is 6.42 Å². The smallest absolute Gasteiger partial charge is 0.248 e. The first-order chi connectivity index (χ1) is 9.69. The molecule has 0 aliphatic carbocycles. The van der Waals surface area contributed by atoms with Crippen LogP contribution in [0, 0.1) is 5.92 Å². The number of fused-ring (bicyclic) bond motifs is 1.